The predicted octanol–water partition coefficient (Wildman–Crippen LogP) is 4.64. The SMILES string of the molecule is COc1cc(C(Cl)Cc2ccc(F)cc2F)ccc1F. The Morgan fingerprint density at radius 1 is 1.05 bits per heavy atom. The molecule has 1 atom stereocenters. The largest absolute Gasteiger partial charge is 0.494 e. The third-order valence-corrected chi connectivity index (χ3v) is 3.36. The van der Waals surface area contributed by atoms with Crippen LogP contribution in [0.15, 0.2) is 36.4 Å². The Balaban J connectivity index is 2.21. The number of alkyl halides is 1. The molecular formula is C15H12ClF3O. The molecule has 1 nitrogen and oxygen atoms in total. The van der Waals surface area contributed by atoms with Gasteiger partial charge in [-0.2, -0.15) is 0 Å². The molecule has 5 heteroatoms. The quantitative estimate of drug-likeness (QED) is 0.748. The second-order valence-corrected chi connectivity index (χ2v) is 4.83. The summed E-state index contributed by atoms with van der Waals surface area (Å²) in [6, 6.07) is 7.55. The summed E-state index contributed by atoms with van der Waals surface area (Å²) in [5.74, 6) is -1.70. The molecular weight excluding hydrogens is 289 g/mol. The van der Waals surface area contributed by atoms with Crippen LogP contribution in [0.4, 0.5) is 13.2 Å². The maximum atomic E-state index is 13.6. The van der Waals surface area contributed by atoms with Crippen LogP contribution in [-0.4, -0.2) is 7.11 Å². The van der Waals surface area contributed by atoms with E-state index in [9.17, 15) is 13.2 Å². The number of methoxy groups -OCH3 is 1. The molecule has 2 rings (SSSR count). The minimum atomic E-state index is -0.648. The average molecular weight is 301 g/mol. The van der Waals surface area contributed by atoms with Crippen LogP contribution in [0, 0.1) is 17.5 Å². The van der Waals surface area contributed by atoms with Crippen LogP contribution in [0.5, 0.6) is 5.75 Å². The van der Waals surface area contributed by atoms with Crippen LogP contribution in [0.1, 0.15) is 16.5 Å². The van der Waals surface area contributed by atoms with Gasteiger partial charge in [0.25, 0.3) is 0 Å². The van der Waals surface area contributed by atoms with E-state index >= 15 is 0 Å². The van der Waals surface area contributed by atoms with E-state index in [2.05, 4.69) is 0 Å². The zero-order valence-electron chi connectivity index (χ0n) is 10.7. The molecule has 0 N–H and O–H groups in total. The van der Waals surface area contributed by atoms with Gasteiger partial charge in [0.1, 0.15) is 11.6 Å². The average Bonchev–Trinajstić information content (AvgIpc) is 2.42. The standard InChI is InChI=1S/C15H12ClF3O/c1-20-15-7-9(3-5-13(15)18)12(16)6-10-2-4-11(17)8-14(10)19/h2-5,7-8,12H,6H2,1H3. The Kier molecular flexibility index (Phi) is 4.55. The molecule has 0 heterocycles. The van der Waals surface area contributed by atoms with Gasteiger partial charge in [0.2, 0.25) is 0 Å². The van der Waals surface area contributed by atoms with E-state index in [0.717, 1.165) is 6.07 Å². The third kappa shape index (κ3) is 3.25. The van der Waals surface area contributed by atoms with Crippen molar-refractivity contribution in [2.75, 3.05) is 7.11 Å². The summed E-state index contributed by atoms with van der Waals surface area (Å²) < 4.78 is 44.5. The molecule has 0 saturated heterocycles. The Morgan fingerprint density at radius 2 is 1.80 bits per heavy atom. The predicted molar refractivity (Wildman–Crippen MR) is 71.6 cm³/mol. The maximum absolute atomic E-state index is 13.6. The molecule has 0 fully saturated rings. The number of ether oxygens (including phenoxy) is 1. The van der Waals surface area contributed by atoms with Gasteiger partial charge in [0, 0.05) is 6.07 Å². The molecule has 0 aliphatic rings. The molecule has 1 unspecified atom stereocenters. The number of rotatable bonds is 4. The van der Waals surface area contributed by atoms with Gasteiger partial charge in [-0.25, -0.2) is 13.2 Å². The van der Waals surface area contributed by atoms with Crippen LogP contribution in [-0.2, 0) is 6.42 Å². The summed E-state index contributed by atoms with van der Waals surface area (Å²) in [4.78, 5) is 0. The Bertz CT molecular complexity index is 616. The van der Waals surface area contributed by atoms with E-state index in [4.69, 9.17) is 16.3 Å². The van der Waals surface area contributed by atoms with E-state index < -0.39 is 22.8 Å². The van der Waals surface area contributed by atoms with Crippen molar-refractivity contribution in [3.63, 3.8) is 0 Å². The third-order valence-electron chi connectivity index (χ3n) is 2.95. The van der Waals surface area contributed by atoms with Crippen molar-refractivity contribution in [3.05, 3.63) is 65.0 Å². The molecule has 0 saturated carbocycles. The lowest BCUT2D eigenvalue weighted by molar-refractivity contribution is 0.386. The topological polar surface area (TPSA) is 9.23 Å². The van der Waals surface area contributed by atoms with Crippen LogP contribution in [0.3, 0.4) is 0 Å². The smallest absolute Gasteiger partial charge is 0.165 e. The highest BCUT2D eigenvalue weighted by molar-refractivity contribution is 6.20. The second kappa shape index (κ2) is 6.18. The normalized spacial score (nSPS) is 12.2. The lowest BCUT2D eigenvalue weighted by Gasteiger charge is -2.12. The van der Waals surface area contributed by atoms with Crippen molar-refractivity contribution in [2.24, 2.45) is 0 Å². The van der Waals surface area contributed by atoms with Crippen molar-refractivity contribution in [1.29, 1.82) is 0 Å². The minimum Gasteiger partial charge on any atom is -0.494 e. The molecule has 0 spiro atoms. The molecule has 0 amide bonds. The zero-order valence-corrected chi connectivity index (χ0v) is 11.4. The highest BCUT2D eigenvalue weighted by atomic mass is 35.5. The van der Waals surface area contributed by atoms with Gasteiger partial charge in [-0.1, -0.05) is 12.1 Å². The Hall–Kier alpha value is -1.68. The van der Waals surface area contributed by atoms with Crippen molar-refractivity contribution >= 4 is 11.6 Å². The summed E-state index contributed by atoms with van der Waals surface area (Å²) in [5, 5.41) is -0.565. The van der Waals surface area contributed by atoms with Crippen molar-refractivity contribution in [3.8, 4) is 5.75 Å². The van der Waals surface area contributed by atoms with Crippen LogP contribution in [0.25, 0.3) is 0 Å². The van der Waals surface area contributed by atoms with E-state index in [1.165, 1.54) is 37.4 Å². The number of benzene rings is 2. The van der Waals surface area contributed by atoms with Crippen LogP contribution in [0.2, 0.25) is 0 Å². The van der Waals surface area contributed by atoms with E-state index in [0.29, 0.717) is 11.1 Å². The van der Waals surface area contributed by atoms with Gasteiger partial charge in [-0.3, -0.25) is 0 Å². The Morgan fingerprint density at radius 3 is 2.45 bits per heavy atom. The zero-order chi connectivity index (χ0) is 14.7. The fraction of sp³-hybridized carbons (Fsp3) is 0.200. The molecule has 20 heavy (non-hydrogen) atoms. The van der Waals surface area contributed by atoms with E-state index in [-0.39, 0.29) is 12.2 Å². The molecule has 0 bridgehead atoms. The molecule has 2 aromatic rings. The monoisotopic (exact) mass is 300 g/mol. The molecule has 0 aliphatic heterocycles. The number of hydrogen-bond donors (Lipinski definition) is 0. The summed E-state index contributed by atoms with van der Waals surface area (Å²) in [6.45, 7) is 0. The Labute approximate surface area is 119 Å². The number of hydrogen-bond acceptors (Lipinski definition) is 1. The van der Waals surface area contributed by atoms with Gasteiger partial charge < -0.3 is 4.74 Å². The van der Waals surface area contributed by atoms with E-state index in [1.54, 1.807) is 0 Å². The van der Waals surface area contributed by atoms with Gasteiger partial charge in [-0.05, 0) is 35.7 Å². The summed E-state index contributed by atoms with van der Waals surface area (Å²) in [7, 11) is 1.35. The maximum Gasteiger partial charge on any atom is 0.165 e. The molecule has 106 valence electrons. The second-order valence-electron chi connectivity index (χ2n) is 4.30. The lowest BCUT2D eigenvalue weighted by atomic mass is 10.0. The molecule has 0 aliphatic carbocycles. The highest BCUT2D eigenvalue weighted by Gasteiger charge is 2.14. The summed E-state index contributed by atoms with van der Waals surface area (Å²) in [5.41, 5.74) is 0.906. The van der Waals surface area contributed by atoms with Gasteiger partial charge in [0.05, 0.1) is 12.5 Å². The van der Waals surface area contributed by atoms with Gasteiger partial charge >= 0.3 is 0 Å². The highest BCUT2D eigenvalue weighted by Crippen LogP contribution is 2.30. The van der Waals surface area contributed by atoms with Crippen molar-refractivity contribution in [2.45, 2.75) is 11.8 Å². The van der Waals surface area contributed by atoms with Gasteiger partial charge in [0.15, 0.2) is 11.6 Å². The first-order valence-corrected chi connectivity index (χ1v) is 6.36. The fourth-order valence-electron chi connectivity index (χ4n) is 1.87. The minimum absolute atomic E-state index is 0.0766. The lowest BCUT2D eigenvalue weighted by Crippen LogP contribution is -2.00. The number of halogens is 4. The first-order chi connectivity index (χ1) is 9.51. The van der Waals surface area contributed by atoms with Crippen LogP contribution >= 0.6 is 11.6 Å². The first-order valence-electron chi connectivity index (χ1n) is 5.92. The van der Waals surface area contributed by atoms with E-state index in [1.807, 2.05) is 0 Å². The summed E-state index contributed by atoms with van der Waals surface area (Å²) >= 11 is 6.20. The van der Waals surface area contributed by atoms with Crippen LogP contribution < -0.4 is 4.74 Å². The van der Waals surface area contributed by atoms with Crippen molar-refractivity contribution in [1.82, 2.24) is 0 Å². The fourth-order valence-corrected chi connectivity index (χ4v) is 2.17. The first kappa shape index (κ1) is 14.7. The molecule has 0 aromatic heterocycles. The summed E-state index contributed by atoms with van der Waals surface area (Å²) in [6.07, 6.45) is 0.169. The van der Waals surface area contributed by atoms with Gasteiger partial charge in [-0.15, -0.1) is 11.6 Å². The van der Waals surface area contributed by atoms with Crippen molar-refractivity contribution < 1.29 is 17.9 Å². The molecule has 2 aromatic carbocycles. The molecule has 0 radical (unpaired) electrons.